The molecule has 1 aromatic carbocycles. The van der Waals surface area contributed by atoms with Gasteiger partial charge in [0.2, 0.25) is 0 Å². The third-order valence-electron chi connectivity index (χ3n) is 3.57. The predicted molar refractivity (Wildman–Crippen MR) is 69.7 cm³/mol. The van der Waals surface area contributed by atoms with Crippen LogP contribution in [0.2, 0.25) is 0 Å². The molecule has 1 heterocycles. The lowest BCUT2D eigenvalue weighted by molar-refractivity contribution is 0.156. The van der Waals surface area contributed by atoms with Gasteiger partial charge in [-0.25, -0.2) is 4.98 Å². The van der Waals surface area contributed by atoms with Gasteiger partial charge < -0.3 is 9.84 Å². The molecule has 5 nitrogen and oxygen atoms in total. The van der Waals surface area contributed by atoms with Crippen molar-refractivity contribution in [3.05, 3.63) is 41.5 Å². The Morgan fingerprint density at radius 2 is 2.37 bits per heavy atom. The molecule has 0 amide bonds. The summed E-state index contributed by atoms with van der Waals surface area (Å²) in [6.45, 7) is 0.401. The number of aromatic nitrogens is 3. The number of hydrogen-bond donors (Lipinski definition) is 1. The molecule has 0 bridgehead atoms. The molecule has 1 aliphatic rings. The van der Waals surface area contributed by atoms with E-state index in [1.807, 2.05) is 25.2 Å². The summed E-state index contributed by atoms with van der Waals surface area (Å²) in [6, 6.07) is 5.89. The summed E-state index contributed by atoms with van der Waals surface area (Å²) in [4.78, 5) is 4.12. The second-order valence-corrected chi connectivity index (χ2v) is 4.86. The van der Waals surface area contributed by atoms with Gasteiger partial charge in [-0.2, -0.15) is 5.10 Å². The van der Waals surface area contributed by atoms with Crippen molar-refractivity contribution in [2.24, 2.45) is 7.05 Å². The third-order valence-corrected chi connectivity index (χ3v) is 3.57. The van der Waals surface area contributed by atoms with Gasteiger partial charge in [-0.1, -0.05) is 6.07 Å². The molecular weight excluding hydrogens is 242 g/mol. The van der Waals surface area contributed by atoms with Crippen LogP contribution in [0, 0.1) is 0 Å². The van der Waals surface area contributed by atoms with Crippen molar-refractivity contribution in [2.75, 3.05) is 0 Å². The molecule has 0 saturated carbocycles. The maximum atomic E-state index is 9.91. The van der Waals surface area contributed by atoms with Crippen LogP contribution >= 0.6 is 0 Å². The fourth-order valence-electron chi connectivity index (χ4n) is 2.45. The topological polar surface area (TPSA) is 60.2 Å². The lowest BCUT2D eigenvalue weighted by Gasteiger charge is -2.21. The largest absolute Gasteiger partial charge is 0.486 e. The summed E-state index contributed by atoms with van der Waals surface area (Å²) < 4.78 is 7.42. The van der Waals surface area contributed by atoms with Crippen LogP contribution in [0.25, 0.3) is 0 Å². The van der Waals surface area contributed by atoms with Crippen molar-refractivity contribution in [2.45, 2.75) is 32.0 Å². The summed E-state index contributed by atoms with van der Waals surface area (Å²) in [5, 5.41) is 13.9. The number of ether oxygens (including phenoxy) is 1. The summed E-state index contributed by atoms with van der Waals surface area (Å²) in [6.07, 6.45) is 4.08. The van der Waals surface area contributed by atoms with Crippen molar-refractivity contribution < 1.29 is 9.84 Å². The van der Waals surface area contributed by atoms with Crippen LogP contribution in [0.5, 0.6) is 5.75 Å². The Kier molecular flexibility index (Phi) is 3.21. The van der Waals surface area contributed by atoms with Crippen molar-refractivity contribution in [3.63, 3.8) is 0 Å². The van der Waals surface area contributed by atoms with E-state index in [4.69, 9.17) is 4.74 Å². The molecule has 1 aromatic heterocycles. The molecule has 1 N–H and O–H groups in total. The quantitative estimate of drug-likeness (QED) is 0.912. The highest BCUT2D eigenvalue weighted by Gasteiger charge is 2.18. The van der Waals surface area contributed by atoms with Crippen molar-refractivity contribution >= 4 is 0 Å². The van der Waals surface area contributed by atoms with Gasteiger partial charge >= 0.3 is 0 Å². The van der Waals surface area contributed by atoms with Gasteiger partial charge in [0.15, 0.2) is 5.82 Å². The fourth-order valence-corrected chi connectivity index (χ4v) is 2.45. The zero-order valence-electron chi connectivity index (χ0n) is 10.9. The molecule has 1 atom stereocenters. The molecule has 100 valence electrons. The molecular formula is C14H17N3O2. The van der Waals surface area contributed by atoms with E-state index in [1.165, 1.54) is 11.9 Å². The van der Waals surface area contributed by atoms with Gasteiger partial charge in [-0.3, -0.25) is 4.68 Å². The smallest absolute Gasteiger partial charge is 0.164 e. The van der Waals surface area contributed by atoms with Crippen LogP contribution in [0.1, 0.15) is 35.9 Å². The SMILES string of the molecule is Cn1ncnc1COc1ccc2c(c1)CCCC2O. The van der Waals surface area contributed by atoms with Crippen LogP contribution in [0.4, 0.5) is 0 Å². The maximum Gasteiger partial charge on any atom is 0.164 e. The zero-order chi connectivity index (χ0) is 13.2. The van der Waals surface area contributed by atoms with Gasteiger partial charge in [-0.15, -0.1) is 0 Å². The number of benzene rings is 1. The molecule has 1 unspecified atom stereocenters. The summed E-state index contributed by atoms with van der Waals surface area (Å²) in [7, 11) is 1.84. The Hall–Kier alpha value is -1.88. The Bertz CT molecular complexity index is 580. The number of rotatable bonds is 3. The number of nitrogens with zero attached hydrogens (tertiary/aromatic N) is 3. The third kappa shape index (κ3) is 2.46. The van der Waals surface area contributed by atoms with E-state index in [9.17, 15) is 5.11 Å². The van der Waals surface area contributed by atoms with Gasteiger partial charge in [0.05, 0.1) is 6.10 Å². The molecule has 2 aromatic rings. The Morgan fingerprint density at radius 1 is 1.47 bits per heavy atom. The second-order valence-electron chi connectivity index (χ2n) is 4.86. The van der Waals surface area contributed by atoms with Crippen molar-refractivity contribution in [1.29, 1.82) is 0 Å². The lowest BCUT2D eigenvalue weighted by Crippen LogP contribution is -2.10. The molecule has 0 fully saturated rings. The Morgan fingerprint density at radius 3 is 3.16 bits per heavy atom. The summed E-state index contributed by atoms with van der Waals surface area (Å²) in [5.74, 6) is 1.61. The van der Waals surface area contributed by atoms with Crippen LogP contribution < -0.4 is 4.74 Å². The van der Waals surface area contributed by atoms with Crippen molar-refractivity contribution in [1.82, 2.24) is 14.8 Å². The first-order valence-corrected chi connectivity index (χ1v) is 6.50. The normalized spacial score (nSPS) is 18.1. The number of fused-ring (bicyclic) bond motifs is 1. The van der Waals surface area contributed by atoms with Crippen LogP contribution in [0.3, 0.4) is 0 Å². The first kappa shape index (κ1) is 12.2. The maximum absolute atomic E-state index is 9.91. The summed E-state index contributed by atoms with van der Waals surface area (Å²) >= 11 is 0. The van der Waals surface area contributed by atoms with E-state index in [2.05, 4.69) is 10.1 Å². The highest BCUT2D eigenvalue weighted by atomic mass is 16.5. The molecule has 19 heavy (non-hydrogen) atoms. The zero-order valence-corrected chi connectivity index (χ0v) is 10.9. The lowest BCUT2D eigenvalue weighted by atomic mass is 9.89. The number of hydrogen-bond acceptors (Lipinski definition) is 4. The van der Waals surface area contributed by atoms with Crippen molar-refractivity contribution in [3.8, 4) is 5.75 Å². The summed E-state index contributed by atoms with van der Waals surface area (Å²) in [5.41, 5.74) is 2.23. The average Bonchev–Trinajstić information content (AvgIpc) is 2.82. The molecule has 0 radical (unpaired) electrons. The minimum Gasteiger partial charge on any atom is -0.486 e. The van der Waals surface area contributed by atoms with E-state index < -0.39 is 0 Å². The van der Waals surface area contributed by atoms with Crippen LogP contribution in [-0.4, -0.2) is 19.9 Å². The van der Waals surface area contributed by atoms with E-state index in [-0.39, 0.29) is 6.10 Å². The highest BCUT2D eigenvalue weighted by Crippen LogP contribution is 2.32. The van der Waals surface area contributed by atoms with Crippen LogP contribution in [-0.2, 0) is 20.1 Å². The Balaban J connectivity index is 1.74. The minimum absolute atomic E-state index is 0.323. The van der Waals surface area contributed by atoms with E-state index in [0.29, 0.717) is 6.61 Å². The molecule has 0 aliphatic heterocycles. The van der Waals surface area contributed by atoms with Gasteiger partial charge in [0.1, 0.15) is 18.7 Å². The molecule has 5 heteroatoms. The predicted octanol–water partition coefficient (Wildman–Crippen LogP) is 1.76. The number of aliphatic hydroxyl groups is 1. The minimum atomic E-state index is -0.323. The van der Waals surface area contributed by atoms with Gasteiger partial charge in [0.25, 0.3) is 0 Å². The molecule has 1 aliphatic carbocycles. The first-order valence-electron chi connectivity index (χ1n) is 6.50. The molecule has 0 spiro atoms. The standard InChI is InChI=1S/C14H17N3O2/c1-17-14(15-9-16-17)8-19-11-5-6-12-10(7-11)3-2-4-13(12)18/h5-7,9,13,18H,2-4,8H2,1H3. The molecule has 0 saturated heterocycles. The molecule has 3 rings (SSSR count). The Labute approximate surface area is 111 Å². The van der Waals surface area contributed by atoms with Crippen LogP contribution in [0.15, 0.2) is 24.5 Å². The van der Waals surface area contributed by atoms with E-state index in [0.717, 1.165) is 36.4 Å². The monoisotopic (exact) mass is 259 g/mol. The van der Waals surface area contributed by atoms with E-state index in [1.54, 1.807) is 4.68 Å². The van der Waals surface area contributed by atoms with Gasteiger partial charge in [-0.05, 0) is 42.5 Å². The second kappa shape index (κ2) is 5.01. The fraction of sp³-hybridized carbons (Fsp3) is 0.429. The highest BCUT2D eigenvalue weighted by molar-refractivity contribution is 5.38. The first-order chi connectivity index (χ1) is 9.24. The van der Waals surface area contributed by atoms with E-state index >= 15 is 0 Å². The number of aryl methyl sites for hydroxylation is 2. The number of aliphatic hydroxyl groups excluding tert-OH is 1. The average molecular weight is 259 g/mol. The van der Waals surface area contributed by atoms with Gasteiger partial charge in [0, 0.05) is 7.05 Å².